The summed E-state index contributed by atoms with van der Waals surface area (Å²) in [4.78, 5) is 0. The Kier molecular flexibility index (Phi) is 2.26. The molecule has 1 saturated carbocycles. The van der Waals surface area contributed by atoms with Gasteiger partial charge in [-0.15, -0.1) is 0 Å². The van der Waals surface area contributed by atoms with E-state index in [2.05, 4.69) is 6.08 Å². The van der Waals surface area contributed by atoms with Crippen LogP contribution in [0.25, 0.3) is 0 Å². The minimum Gasteiger partial charge on any atom is -0.393 e. The third kappa shape index (κ3) is 1.56. The summed E-state index contributed by atoms with van der Waals surface area (Å²) in [5.74, 6) is 0. The third-order valence-electron chi connectivity index (χ3n) is 2.76. The van der Waals surface area contributed by atoms with Gasteiger partial charge in [-0.3, -0.25) is 0 Å². The lowest BCUT2D eigenvalue weighted by molar-refractivity contribution is 0.0945. The van der Waals surface area contributed by atoms with Gasteiger partial charge in [-0.25, -0.2) is 0 Å². The quantitative estimate of drug-likeness (QED) is 0.620. The Morgan fingerprint density at radius 3 is 3.08 bits per heavy atom. The highest BCUT2D eigenvalue weighted by atomic mass is 32.2. The zero-order valence-corrected chi connectivity index (χ0v) is 8.42. The molecule has 0 aromatic rings. The van der Waals surface area contributed by atoms with E-state index in [0.29, 0.717) is 18.1 Å². The van der Waals surface area contributed by atoms with E-state index in [1.165, 1.54) is 0 Å². The predicted octanol–water partition coefficient (Wildman–Crippen LogP) is 1.10. The summed E-state index contributed by atoms with van der Waals surface area (Å²) < 4.78 is 0. The maximum absolute atomic E-state index is 10.1. The largest absolute Gasteiger partial charge is 0.393 e. The molecule has 0 radical (unpaired) electrons. The molecule has 0 spiro atoms. The van der Waals surface area contributed by atoms with E-state index >= 15 is 0 Å². The molecule has 0 aromatic heterocycles. The molecule has 0 heterocycles. The Bertz CT molecular complexity index is 272. The molecule has 0 saturated heterocycles. The van der Waals surface area contributed by atoms with Crippen LogP contribution in [0.2, 0.25) is 0 Å². The first-order chi connectivity index (χ1) is 6.14. The zero-order chi connectivity index (χ0) is 9.47. The average Bonchev–Trinajstić information content (AvgIpc) is 2.37. The maximum atomic E-state index is 10.1. The summed E-state index contributed by atoms with van der Waals surface area (Å²) in [6.07, 6.45) is 8.66. The molecule has 72 valence electrons. The van der Waals surface area contributed by atoms with E-state index in [9.17, 15) is 10.2 Å². The molecule has 2 rings (SSSR count). The Balaban J connectivity index is 2.26. The summed E-state index contributed by atoms with van der Waals surface area (Å²) in [7, 11) is 0. The van der Waals surface area contributed by atoms with Gasteiger partial charge in [-0.05, 0) is 18.2 Å². The minimum atomic E-state index is -0.842. The number of hydrogen-bond acceptors (Lipinski definition) is 3. The van der Waals surface area contributed by atoms with Crippen molar-refractivity contribution in [3.8, 4) is 0 Å². The smallest absolute Gasteiger partial charge is 0.106 e. The molecule has 3 heteroatoms. The van der Waals surface area contributed by atoms with E-state index < -0.39 is 5.60 Å². The number of aliphatic hydroxyl groups excluding tert-OH is 1. The highest BCUT2D eigenvalue weighted by molar-refractivity contribution is 7.99. The van der Waals surface area contributed by atoms with Crippen LogP contribution in [0.15, 0.2) is 23.8 Å². The van der Waals surface area contributed by atoms with Crippen LogP contribution in [0, 0.1) is 0 Å². The van der Waals surface area contributed by atoms with Crippen LogP contribution < -0.4 is 0 Å². The molecular formula is C10H14O2S. The fraction of sp³-hybridized carbons (Fsp3) is 0.600. The van der Waals surface area contributed by atoms with E-state index in [4.69, 9.17) is 0 Å². The maximum Gasteiger partial charge on any atom is 0.106 e. The predicted molar refractivity (Wildman–Crippen MR) is 54.7 cm³/mol. The van der Waals surface area contributed by atoms with Crippen LogP contribution in [0.1, 0.15) is 12.8 Å². The van der Waals surface area contributed by atoms with Crippen molar-refractivity contribution in [3.63, 3.8) is 0 Å². The number of rotatable bonds is 1. The van der Waals surface area contributed by atoms with E-state index in [1.54, 1.807) is 11.8 Å². The highest BCUT2D eigenvalue weighted by Gasteiger charge is 2.40. The fourth-order valence-corrected chi connectivity index (χ4v) is 2.57. The highest BCUT2D eigenvalue weighted by Crippen LogP contribution is 2.40. The van der Waals surface area contributed by atoms with Crippen LogP contribution in [0.4, 0.5) is 0 Å². The van der Waals surface area contributed by atoms with Crippen molar-refractivity contribution in [2.24, 2.45) is 0 Å². The zero-order valence-electron chi connectivity index (χ0n) is 7.60. The molecule has 2 N–H and O–H groups in total. The Morgan fingerprint density at radius 2 is 2.38 bits per heavy atom. The molecular weight excluding hydrogens is 184 g/mol. The molecule has 0 amide bonds. The van der Waals surface area contributed by atoms with Gasteiger partial charge in [0.2, 0.25) is 0 Å². The molecule has 0 bridgehead atoms. The van der Waals surface area contributed by atoms with Crippen molar-refractivity contribution in [1.82, 2.24) is 0 Å². The van der Waals surface area contributed by atoms with Gasteiger partial charge in [0.05, 0.1) is 6.10 Å². The van der Waals surface area contributed by atoms with Gasteiger partial charge in [0.15, 0.2) is 0 Å². The molecule has 3 atom stereocenters. The van der Waals surface area contributed by atoms with Gasteiger partial charge < -0.3 is 10.2 Å². The van der Waals surface area contributed by atoms with Crippen molar-refractivity contribution < 1.29 is 10.2 Å². The second-order valence-electron chi connectivity index (χ2n) is 3.74. The SMILES string of the molecule is CSC1C=CC2(O)CC(O)CC2=C1. The number of hydrogen-bond donors (Lipinski definition) is 2. The second kappa shape index (κ2) is 3.15. The Hall–Kier alpha value is -0.250. The Morgan fingerprint density at radius 1 is 1.62 bits per heavy atom. The standard InChI is InChI=1S/C10H14O2S/c1-13-9-2-3-10(12)6-8(11)4-7(10)5-9/h2-3,5,8-9,11-12H,4,6H2,1H3. The summed E-state index contributed by atoms with van der Waals surface area (Å²) in [5, 5.41) is 19.9. The lowest BCUT2D eigenvalue weighted by atomic mass is 9.91. The summed E-state index contributed by atoms with van der Waals surface area (Å²) in [6, 6.07) is 0. The first kappa shape index (κ1) is 9.31. The van der Waals surface area contributed by atoms with Crippen LogP contribution >= 0.6 is 11.8 Å². The molecule has 2 aliphatic carbocycles. The normalized spacial score (nSPS) is 43.2. The van der Waals surface area contributed by atoms with Gasteiger partial charge in [0, 0.05) is 11.7 Å². The van der Waals surface area contributed by atoms with Gasteiger partial charge in [0.1, 0.15) is 5.60 Å². The monoisotopic (exact) mass is 198 g/mol. The molecule has 3 unspecified atom stereocenters. The van der Waals surface area contributed by atoms with Crippen LogP contribution in [0.3, 0.4) is 0 Å². The summed E-state index contributed by atoms with van der Waals surface area (Å²) in [5.41, 5.74) is 0.146. The fourth-order valence-electron chi connectivity index (χ4n) is 2.03. The number of fused-ring (bicyclic) bond motifs is 1. The van der Waals surface area contributed by atoms with Crippen molar-refractivity contribution in [2.45, 2.75) is 29.8 Å². The first-order valence-electron chi connectivity index (χ1n) is 4.48. The first-order valence-corrected chi connectivity index (χ1v) is 5.76. The van der Waals surface area contributed by atoms with E-state index in [-0.39, 0.29) is 6.10 Å². The van der Waals surface area contributed by atoms with Crippen molar-refractivity contribution in [2.75, 3.05) is 6.26 Å². The van der Waals surface area contributed by atoms with Gasteiger partial charge >= 0.3 is 0 Å². The second-order valence-corrected chi connectivity index (χ2v) is 4.75. The molecule has 2 aliphatic rings. The molecule has 1 fully saturated rings. The number of thioether (sulfide) groups is 1. The van der Waals surface area contributed by atoms with Crippen molar-refractivity contribution >= 4 is 11.8 Å². The molecule has 0 aromatic carbocycles. The van der Waals surface area contributed by atoms with Crippen molar-refractivity contribution in [3.05, 3.63) is 23.8 Å². The van der Waals surface area contributed by atoms with Crippen molar-refractivity contribution in [1.29, 1.82) is 0 Å². The van der Waals surface area contributed by atoms with Gasteiger partial charge in [-0.2, -0.15) is 11.8 Å². The number of aliphatic hydroxyl groups is 2. The summed E-state index contributed by atoms with van der Waals surface area (Å²) >= 11 is 1.74. The van der Waals surface area contributed by atoms with Crippen LogP contribution in [0.5, 0.6) is 0 Å². The van der Waals surface area contributed by atoms with E-state index in [1.807, 2.05) is 18.4 Å². The third-order valence-corrected chi connectivity index (χ3v) is 3.60. The lowest BCUT2D eigenvalue weighted by Gasteiger charge is -2.25. The van der Waals surface area contributed by atoms with Crippen LogP contribution in [-0.2, 0) is 0 Å². The Labute approximate surface area is 82.3 Å². The molecule has 13 heavy (non-hydrogen) atoms. The molecule has 2 nitrogen and oxygen atoms in total. The van der Waals surface area contributed by atoms with Crippen LogP contribution in [-0.4, -0.2) is 33.4 Å². The van der Waals surface area contributed by atoms with Gasteiger partial charge in [-0.1, -0.05) is 18.2 Å². The average molecular weight is 198 g/mol. The van der Waals surface area contributed by atoms with E-state index in [0.717, 1.165) is 5.57 Å². The van der Waals surface area contributed by atoms with Gasteiger partial charge in [0.25, 0.3) is 0 Å². The molecule has 0 aliphatic heterocycles. The summed E-state index contributed by atoms with van der Waals surface area (Å²) in [6.45, 7) is 0. The minimum absolute atomic E-state index is 0.362. The topological polar surface area (TPSA) is 40.5 Å². The lowest BCUT2D eigenvalue weighted by Crippen LogP contribution is -2.27.